The lowest BCUT2D eigenvalue weighted by Crippen LogP contribution is -2.39. The van der Waals surface area contributed by atoms with Gasteiger partial charge in [-0.1, -0.05) is 35.9 Å². The highest BCUT2D eigenvalue weighted by atomic mass is 32.2. The standard InChI is InChI=1S/C18H21NO4S2/c1-15-9-11-18(12-10-15)25(22,23)19-13-5-6-16(19)14-24(20,21)17-7-3-2-4-8-17/h2-4,7-12,16H,5-6,13-14H2,1H3. The zero-order valence-corrected chi connectivity index (χ0v) is 15.6. The Morgan fingerprint density at radius 3 is 2.20 bits per heavy atom. The minimum atomic E-state index is -3.69. The van der Waals surface area contributed by atoms with Crippen LogP contribution in [0.4, 0.5) is 0 Å². The SMILES string of the molecule is Cc1ccc(S(=O)(=O)N2CCCC2CS(=O)(=O)c2ccccc2)cc1. The molecule has 25 heavy (non-hydrogen) atoms. The van der Waals surface area contributed by atoms with Gasteiger partial charge in [0, 0.05) is 12.6 Å². The summed E-state index contributed by atoms with van der Waals surface area (Å²) in [5.74, 6) is -0.192. The third-order valence-electron chi connectivity index (χ3n) is 4.46. The van der Waals surface area contributed by atoms with Crippen molar-refractivity contribution in [3.8, 4) is 0 Å². The lowest BCUT2D eigenvalue weighted by atomic mass is 10.2. The third kappa shape index (κ3) is 3.78. The van der Waals surface area contributed by atoms with Crippen molar-refractivity contribution in [2.45, 2.75) is 35.6 Å². The van der Waals surface area contributed by atoms with E-state index in [-0.39, 0.29) is 15.5 Å². The number of rotatable bonds is 5. The Hall–Kier alpha value is -1.70. The van der Waals surface area contributed by atoms with Crippen molar-refractivity contribution in [3.63, 3.8) is 0 Å². The van der Waals surface area contributed by atoms with E-state index in [1.54, 1.807) is 54.6 Å². The van der Waals surface area contributed by atoms with Crippen LogP contribution in [0.25, 0.3) is 0 Å². The Morgan fingerprint density at radius 1 is 0.920 bits per heavy atom. The van der Waals surface area contributed by atoms with Crippen LogP contribution in [0.3, 0.4) is 0 Å². The minimum absolute atomic E-state index is 0.192. The normalized spacial score (nSPS) is 19.2. The zero-order chi connectivity index (χ0) is 18.1. The second kappa shape index (κ2) is 6.90. The molecular formula is C18H21NO4S2. The number of benzene rings is 2. The van der Waals surface area contributed by atoms with E-state index >= 15 is 0 Å². The van der Waals surface area contributed by atoms with Gasteiger partial charge in [0.1, 0.15) is 0 Å². The number of hydrogen-bond donors (Lipinski definition) is 0. The van der Waals surface area contributed by atoms with Crippen LogP contribution in [-0.2, 0) is 19.9 Å². The lowest BCUT2D eigenvalue weighted by molar-refractivity contribution is 0.408. The van der Waals surface area contributed by atoms with Gasteiger partial charge in [-0.25, -0.2) is 16.8 Å². The van der Waals surface area contributed by atoms with E-state index in [1.807, 2.05) is 6.92 Å². The molecule has 2 aromatic carbocycles. The van der Waals surface area contributed by atoms with E-state index in [2.05, 4.69) is 0 Å². The number of sulfone groups is 1. The summed E-state index contributed by atoms with van der Waals surface area (Å²) in [6, 6.07) is 14.3. The van der Waals surface area contributed by atoms with Crippen molar-refractivity contribution < 1.29 is 16.8 Å². The molecule has 3 rings (SSSR count). The van der Waals surface area contributed by atoms with E-state index < -0.39 is 25.9 Å². The van der Waals surface area contributed by atoms with Crippen LogP contribution >= 0.6 is 0 Å². The molecule has 0 aliphatic carbocycles. The summed E-state index contributed by atoms with van der Waals surface area (Å²) < 4.78 is 52.4. The molecule has 1 aliphatic heterocycles. The molecule has 0 saturated carbocycles. The van der Waals surface area contributed by atoms with Crippen molar-refractivity contribution in [2.24, 2.45) is 0 Å². The molecule has 0 spiro atoms. The molecule has 1 fully saturated rings. The predicted molar refractivity (Wildman–Crippen MR) is 96.6 cm³/mol. The molecule has 1 heterocycles. The Balaban J connectivity index is 1.87. The minimum Gasteiger partial charge on any atom is -0.224 e. The van der Waals surface area contributed by atoms with E-state index in [4.69, 9.17) is 0 Å². The van der Waals surface area contributed by atoms with Gasteiger partial charge in [0.15, 0.2) is 9.84 Å². The van der Waals surface area contributed by atoms with Crippen LogP contribution in [0.5, 0.6) is 0 Å². The lowest BCUT2D eigenvalue weighted by Gasteiger charge is -2.24. The third-order valence-corrected chi connectivity index (χ3v) is 8.24. The molecule has 7 heteroatoms. The van der Waals surface area contributed by atoms with Gasteiger partial charge in [0.2, 0.25) is 10.0 Å². The van der Waals surface area contributed by atoms with Gasteiger partial charge in [-0.05, 0) is 44.0 Å². The van der Waals surface area contributed by atoms with Crippen molar-refractivity contribution in [1.29, 1.82) is 0 Å². The van der Waals surface area contributed by atoms with Gasteiger partial charge < -0.3 is 0 Å². The topological polar surface area (TPSA) is 71.5 Å². The van der Waals surface area contributed by atoms with Crippen molar-refractivity contribution in [3.05, 3.63) is 60.2 Å². The summed E-state index contributed by atoms with van der Waals surface area (Å²) in [5, 5.41) is 0. The van der Waals surface area contributed by atoms with E-state index in [1.165, 1.54) is 4.31 Å². The van der Waals surface area contributed by atoms with Crippen LogP contribution in [0.15, 0.2) is 64.4 Å². The quantitative estimate of drug-likeness (QED) is 0.801. The summed E-state index contributed by atoms with van der Waals surface area (Å²) in [5.41, 5.74) is 0.976. The second-order valence-electron chi connectivity index (χ2n) is 6.32. The Bertz CT molecular complexity index is 936. The first-order valence-electron chi connectivity index (χ1n) is 8.17. The highest BCUT2D eigenvalue weighted by molar-refractivity contribution is 7.91. The first-order chi connectivity index (χ1) is 11.8. The molecule has 1 atom stereocenters. The Labute approximate surface area is 149 Å². The van der Waals surface area contributed by atoms with Crippen molar-refractivity contribution in [1.82, 2.24) is 4.31 Å². The van der Waals surface area contributed by atoms with E-state index in [0.717, 1.165) is 5.56 Å². The number of nitrogens with zero attached hydrogens (tertiary/aromatic N) is 1. The average molecular weight is 380 g/mol. The molecule has 0 radical (unpaired) electrons. The van der Waals surface area contributed by atoms with Gasteiger partial charge in [0.25, 0.3) is 0 Å². The fourth-order valence-electron chi connectivity index (χ4n) is 3.12. The largest absolute Gasteiger partial charge is 0.243 e. The summed E-state index contributed by atoms with van der Waals surface area (Å²) in [7, 11) is -7.22. The van der Waals surface area contributed by atoms with Gasteiger partial charge in [-0.15, -0.1) is 0 Å². The summed E-state index contributed by atoms with van der Waals surface area (Å²) in [4.78, 5) is 0.441. The maximum absolute atomic E-state index is 12.9. The van der Waals surface area contributed by atoms with Crippen LogP contribution in [0.1, 0.15) is 18.4 Å². The molecule has 0 amide bonds. The van der Waals surface area contributed by atoms with Crippen LogP contribution in [-0.4, -0.2) is 39.5 Å². The highest BCUT2D eigenvalue weighted by Crippen LogP contribution is 2.28. The van der Waals surface area contributed by atoms with Gasteiger partial charge >= 0.3 is 0 Å². The number of hydrogen-bond acceptors (Lipinski definition) is 4. The predicted octanol–water partition coefficient (Wildman–Crippen LogP) is 2.62. The molecule has 0 aromatic heterocycles. The molecule has 1 aliphatic rings. The van der Waals surface area contributed by atoms with E-state index in [0.29, 0.717) is 19.4 Å². The van der Waals surface area contributed by atoms with Gasteiger partial charge in [-0.2, -0.15) is 4.31 Å². The smallest absolute Gasteiger partial charge is 0.224 e. The molecular weight excluding hydrogens is 358 g/mol. The second-order valence-corrected chi connectivity index (χ2v) is 10.2. The monoisotopic (exact) mass is 379 g/mol. The number of aryl methyl sites for hydroxylation is 1. The van der Waals surface area contributed by atoms with Gasteiger partial charge in [0.05, 0.1) is 15.5 Å². The molecule has 2 aromatic rings. The molecule has 134 valence electrons. The first kappa shape index (κ1) is 18.1. The molecule has 5 nitrogen and oxygen atoms in total. The Kier molecular flexibility index (Phi) is 4.99. The molecule has 1 saturated heterocycles. The van der Waals surface area contributed by atoms with E-state index in [9.17, 15) is 16.8 Å². The van der Waals surface area contributed by atoms with Crippen LogP contribution in [0.2, 0.25) is 0 Å². The summed E-state index contributed by atoms with van der Waals surface area (Å²) in [6.45, 7) is 2.24. The number of sulfonamides is 1. The first-order valence-corrected chi connectivity index (χ1v) is 11.3. The maximum atomic E-state index is 12.9. The zero-order valence-electron chi connectivity index (χ0n) is 14.0. The van der Waals surface area contributed by atoms with Gasteiger partial charge in [-0.3, -0.25) is 0 Å². The Morgan fingerprint density at radius 2 is 1.56 bits per heavy atom. The van der Waals surface area contributed by atoms with Crippen molar-refractivity contribution in [2.75, 3.05) is 12.3 Å². The fraction of sp³-hybridized carbons (Fsp3) is 0.333. The van der Waals surface area contributed by atoms with Crippen LogP contribution in [0, 0.1) is 6.92 Å². The highest BCUT2D eigenvalue weighted by Gasteiger charge is 2.38. The maximum Gasteiger partial charge on any atom is 0.243 e. The van der Waals surface area contributed by atoms with Crippen LogP contribution < -0.4 is 0 Å². The average Bonchev–Trinajstić information content (AvgIpc) is 3.04. The summed E-state index contributed by atoms with van der Waals surface area (Å²) in [6.07, 6.45) is 1.22. The molecule has 1 unspecified atom stereocenters. The van der Waals surface area contributed by atoms with Crippen molar-refractivity contribution >= 4 is 19.9 Å². The fourth-order valence-corrected chi connectivity index (χ4v) is 6.52. The molecule has 0 N–H and O–H groups in total. The summed E-state index contributed by atoms with van der Waals surface area (Å²) >= 11 is 0. The molecule has 0 bridgehead atoms.